The largest absolute Gasteiger partial charge is 0.488 e. The van der Waals surface area contributed by atoms with E-state index in [4.69, 9.17) is 32.7 Å². The van der Waals surface area contributed by atoms with E-state index in [0.29, 0.717) is 33.2 Å². The molecule has 0 spiro atoms. The smallest absolute Gasteiger partial charge is 0.277 e. The van der Waals surface area contributed by atoms with Crippen LogP contribution < -0.4 is 14.4 Å². The Kier molecular flexibility index (Phi) is 8.05. The van der Waals surface area contributed by atoms with Gasteiger partial charge in [0.25, 0.3) is 5.91 Å². The minimum atomic E-state index is -0.326. The zero-order valence-electron chi connectivity index (χ0n) is 17.7. The molecule has 0 saturated heterocycles. The van der Waals surface area contributed by atoms with Crippen molar-refractivity contribution in [3.8, 4) is 11.6 Å². The lowest BCUT2D eigenvalue weighted by molar-refractivity contribution is 0.0978. The Morgan fingerprint density at radius 2 is 1.82 bits per heavy atom. The fourth-order valence-electron chi connectivity index (χ4n) is 3.08. The monoisotopic (exact) mass is 560 g/mol. The van der Waals surface area contributed by atoms with Gasteiger partial charge in [-0.1, -0.05) is 41.4 Å². The number of rotatable bonds is 9. The number of para-hydroxylation sites is 1. The van der Waals surface area contributed by atoms with Gasteiger partial charge in [-0.2, -0.15) is 0 Å². The number of pyridine rings is 1. The molecule has 7 nitrogen and oxygen atoms in total. The molecular weight excluding hydrogens is 543 g/mol. The molecule has 0 saturated carbocycles. The predicted octanol–water partition coefficient (Wildman–Crippen LogP) is 6.18. The molecule has 2 aromatic carbocycles. The summed E-state index contributed by atoms with van der Waals surface area (Å²) in [6.07, 6.45) is 3.33. The van der Waals surface area contributed by atoms with Crippen molar-refractivity contribution in [2.75, 3.05) is 18.1 Å². The Labute approximate surface area is 214 Å². The highest BCUT2D eigenvalue weighted by molar-refractivity contribution is 9.10. The first-order chi connectivity index (χ1) is 16.5. The lowest BCUT2D eigenvalue weighted by atomic mass is 10.2. The maximum Gasteiger partial charge on any atom is 0.277 e. The maximum atomic E-state index is 13.4. The third-order valence-electron chi connectivity index (χ3n) is 4.69. The zero-order valence-corrected chi connectivity index (χ0v) is 20.8. The van der Waals surface area contributed by atoms with Crippen LogP contribution in [0.2, 0.25) is 10.0 Å². The Balaban J connectivity index is 1.47. The number of benzene rings is 2. The van der Waals surface area contributed by atoms with Gasteiger partial charge in [0.15, 0.2) is 0 Å². The SMILES string of the molecule is O=C(c1cccc(OCCOc2ccccc2Cl)n1)N(Cc1ncc[nH]1)c1ccc(Br)c(Cl)c1. The number of aromatic nitrogens is 3. The standard InChI is InChI=1S/C24H19BrCl2N4O3/c25-17-9-8-16(14-19(17)27)31(15-22-28-10-11-29-22)24(32)20-5-3-7-23(30-20)34-13-12-33-21-6-2-1-4-18(21)26/h1-11,14H,12-13,15H2,(H,28,29). The number of nitrogens with zero attached hydrogens (tertiary/aromatic N) is 3. The Bertz CT molecular complexity index is 1270. The second kappa shape index (κ2) is 11.4. The van der Waals surface area contributed by atoms with Gasteiger partial charge in [0.05, 0.1) is 16.6 Å². The summed E-state index contributed by atoms with van der Waals surface area (Å²) in [5.41, 5.74) is 0.825. The molecule has 1 N–H and O–H groups in total. The quantitative estimate of drug-likeness (QED) is 0.247. The number of amides is 1. The van der Waals surface area contributed by atoms with Crippen LogP contribution in [0, 0.1) is 0 Å². The van der Waals surface area contributed by atoms with E-state index in [1.165, 1.54) is 0 Å². The molecule has 10 heteroatoms. The maximum absolute atomic E-state index is 13.4. The van der Waals surface area contributed by atoms with Crippen LogP contribution in [0.4, 0.5) is 5.69 Å². The molecule has 34 heavy (non-hydrogen) atoms. The number of aromatic amines is 1. The molecule has 0 aliphatic heterocycles. The molecule has 2 heterocycles. The summed E-state index contributed by atoms with van der Waals surface area (Å²) in [7, 11) is 0. The lowest BCUT2D eigenvalue weighted by Gasteiger charge is -2.22. The summed E-state index contributed by atoms with van der Waals surface area (Å²) < 4.78 is 12.0. The van der Waals surface area contributed by atoms with Crippen LogP contribution in [0.1, 0.15) is 16.3 Å². The number of anilines is 1. The first-order valence-electron chi connectivity index (χ1n) is 10.2. The van der Waals surface area contributed by atoms with Crippen molar-refractivity contribution in [1.29, 1.82) is 0 Å². The van der Waals surface area contributed by atoms with E-state index in [1.807, 2.05) is 12.1 Å². The molecule has 0 aliphatic carbocycles. The number of ether oxygens (including phenoxy) is 2. The van der Waals surface area contributed by atoms with E-state index in [2.05, 4.69) is 30.9 Å². The third-order valence-corrected chi connectivity index (χ3v) is 6.24. The topological polar surface area (TPSA) is 80.3 Å². The molecule has 174 valence electrons. The Morgan fingerprint density at radius 3 is 2.59 bits per heavy atom. The van der Waals surface area contributed by atoms with Gasteiger partial charge in [0.2, 0.25) is 5.88 Å². The van der Waals surface area contributed by atoms with Crippen LogP contribution >= 0.6 is 39.1 Å². The van der Waals surface area contributed by atoms with Crippen molar-refractivity contribution in [1.82, 2.24) is 15.0 Å². The molecular formula is C24H19BrCl2N4O3. The molecule has 0 atom stereocenters. The van der Waals surface area contributed by atoms with Crippen molar-refractivity contribution in [3.05, 3.63) is 99.1 Å². The predicted molar refractivity (Wildman–Crippen MR) is 135 cm³/mol. The van der Waals surface area contributed by atoms with Crippen molar-refractivity contribution >= 4 is 50.7 Å². The Morgan fingerprint density at radius 1 is 1.00 bits per heavy atom. The van der Waals surface area contributed by atoms with E-state index in [-0.39, 0.29) is 31.4 Å². The van der Waals surface area contributed by atoms with Crippen LogP contribution in [0.25, 0.3) is 0 Å². The number of H-pyrrole nitrogens is 1. The molecule has 0 bridgehead atoms. The number of imidazole rings is 1. The van der Waals surface area contributed by atoms with E-state index in [9.17, 15) is 4.79 Å². The number of carbonyl (C=O) groups excluding carboxylic acids is 1. The highest BCUT2D eigenvalue weighted by atomic mass is 79.9. The molecule has 4 aromatic rings. The zero-order chi connectivity index (χ0) is 23.9. The number of carbonyl (C=O) groups is 1. The van der Waals surface area contributed by atoms with Crippen LogP contribution in [0.15, 0.2) is 77.5 Å². The second-order valence-corrected chi connectivity index (χ2v) is 8.68. The minimum absolute atomic E-state index is 0.211. The van der Waals surface area contributed by atoms with Gasteiger partial charge in [0.1, 0.15) is 30.5 Å². The highest BCUT2D eigenvalue weighted by Gasteiger charge is 2.21. The number of nitrogens with one attached hydrogen (secondary N) is 1. The summed E-state index contributed by atoms with van der Waals surface area (Å²) >= 11 is 15.7. The first kappa shape index (κ1) is 24.1. The van der Waals surface area contributed by atoms with E-state index in [1.54, 1.807) is 65.8 Å². The van der Waals surface area contributed by atoms with Crippen molar-refractivity contribution in [2.24, 2.45) is 0 Å². The molecule has 0 radical (unpaired) electrons. The average Bonchev–Trinajstić information content (AvgIpc) is 3.36. The fraction of sp³-hybridized carbons (Fsp3) is 0.125. The van der Waals surface area contributed by atoms with E-state index < -0.39 is 0 Å². The fourth-order valence-corrected chi connectivity index (χ4v) is 3.69. The Hall–Kier alpha value is -3.07. The highest BCUT2D eigenvalue weighted by Crippen LogP contribution is 2.29. The summed E-state index contributed by atoms with van der Waals surface area (Å²) in [4.78, 5) is 26.6. The van der Waals surface area contributed by atoms with Crippen molar-refractivity contribution in [3.63, 3.8) is 0 Å². The molecule has 2 aromatic heterocycles. The van der Waals surface area contributed by atoms with Crippen LogP contribution in [-0.2, 0) is 6.54 Å². The van der Waals surface area contributed by atoms with Gasteiger partial charge < -0.3 is 14.5 Å². The number of hydrogen-bond donors (Lipinski definition) is 1. The third kappa shape index (κ3) is 6.08. The van der Waals surface area contributed by atoms with Crippen molar-refractivity contribution in [2.45, 2.75) is 6.54 Å². The van der Waals surface area contributed by atoms with Gasteiger partial charge in [-0.25, -0.2) is 9.97 Å². The van der Waals surface area contributed by atoms with Gasteiger partial charge in [-0.3, -0.25) is 9.69 Å². The van der Waals surface area contributed by atoms with Crippen LogP contribution in [0.3, 0.4) is 0 Å². The summed E-state index contributed by atoms with van der Waals surface area (Å²) in [6.45, 7) is 0.710. The number of halogens is 3. The minimum Gasteiger partial charge on any atom is -0.488 e. The first-order valence-corrected chi connectivity index (χ1v) is 11.8. The van der Waals surface area contributed by atoms with Gasteiger partial charge in [-0.15, -0.1) is 0 Å². The van der Waals surface area contributed by atoms with E-state index in [0.717, 1.165) is 4.47 Å². The summed E-state index contributed by atoms with van der Waals surface area (Å²) in [6, 6.07) is 17.5. The normalized spacial score (nSPS) is 10.7. The van der Waals surface area contributed by atoms with Crippen LogP contribution in [-0.4, -0.2) is 34.1 Å². The average molecular weight is 562 g/mol. The summed E-state index contributed by atoms with van der Waals surface area (Å²) in [5, 5.41) is 1.01. The lowest BCUT2D eigenvalue weighted by Crippen LogP contribution is -2.31. The molecule has 0 fully saturated rings. The molecule has 4 rings (SSSR count). The van der Waals surface area contributed by atoms with Gasteiger partial charge >= 0.3 is 0 Å². The molecule has 0 unspecified atom stereocenters. The second-order valence-electron chi connectivity index (χ2n) is 7.01. The van der Waals surface area contributed by atoms with Gasteiger partial charge in [-0.05, 0) is 52.3 Å². The molecule has 1 amide bonds. The van der Waals surface area contributed by atoms with Gasteiger partial charge in [0, 0.05) is 28.6 Å². The molecule has 0 aliphatic rings. The van der Waals surface area contributed by atoms with Crippen molar-refractivity contribution < 1.29 is 14.3 Å². The van der Waals surface area contributed by atoms with Crippen LogP contribution in [0.5, 0.6) is 11.6 Å². The number of hydrogen-bond acceptors (Lipinski definition) is 5. The van der Waals surface area contributed by atoms with E-state index >= 15 is 0 Å². The summed E-state index contributed by atoms with van der Waals surface area (Å²) in [5.74, 6) is 1.18.